The summed E-state index contributed by atoms with van der Waals surface area (Å²) in [5.74, 6) is -0.986. The number of sulfone groups is 1. The number of rotatable bonds is 5. The molecule has 0 aromatic heterocycles. The van der Waals surface area contributed by atoms with Gasteiger partial charge in [0.2, 0.25) is 0 Å². The molecule has 10 nitrogen and oxygen atoms in total. The molecule has 11 heteroatoms. The molecule has 0 fully saturated rings. The molecule has 0 spiro atoms. The summed E-state index contributed by atoms with van der Waals surface area (Å²) in [5, 5.41) is 20.7. The van der Waals surface area contributed by atoms with Gasteiger partial charge in [-0.1, -0.05) is 0 Å². The van der Waals surface area contributed by atoms with Crippen molar-refractivity contribution in [3.63, 3.8) is 0 Å². The second kappa shape index (κ2) is 5.43. The van der Waals surface area contributed by atoms with Gasteiger partial charge in [0.25, 0.3) is 5.96 Å². The lowest BCUT2D eigenvalue weighted by Gasteiger charge is -2.17. The lowest BCUT2D eigenvalue weighted by Crippen LogP contribution is -2.48. The smallest absolute Gasteiger partial charge is 0.284 e. The molecule has 0 aromatic rings. The van der Waals surface area contributed by atoms with Crippen LogP contribution in [0.4, 0.5) is 0 Å². The van der Waals surface area contributed by atoms with Crippen LogP contribution in [0.1, 0.15) is 0 Å². The van der Waals surface area contributed by atoms with E-state index in [9.17, 15) is 18.5 Å². The first-order valence-electron chi connectivity index (χ1n) is 3.59. The maximum Gasteiger partial charge on any atom is 0.284 e. The second-order valence-corrected chi connectivity index (χ2v) is 4.84. The molecule has 0 heterocycles. The highest BCUT2D eigenvalue weighted by atomic mass is 32.2. The van der Waals surface area contributed by atoms with Gasteiger partial charge in [-0.3, -0.25) is 5.21 Å². The Morgan fingerprint density at radius 2 is 2.27 bits per heavy atom. The van der Waals surface area contributed by atoms with E-state index in [0.29, 0.717) is 5.01 Å². The molecule has 0 aromatic carbocycles. The van der Waals surface area contributed by atoms with Gasteiger partial charge in [-0.05, 0) is 0 Å². The highest BCUT2D eigenvalue weighted by molar-refractivity contribution is 7.90. The highest BCUT2D eigenvalue weighted by Crippen LogP contribution is 1.88. The fourth-order valence-corrected chi connectivity index (χ4v) is 1.12. The molecule has 0 atom stereocenters. The van der Waals surface area contributed by atoms with E-state index in [1.807, 2.05) is 0 Å². The van der Waals surface area contributed by atoms with E-state index in [-0.39, 0.29) is 12.3 Å². The number of guanidine groups is 1. The van der Waals surface area contributed by atoms with Gasteiger partial charge in [-0.2, -0.15) is 0 Å². The predicted molar refractivity (Wildman–Crippen MR) is 50.0 cm³/mol. The maximum absolute atomic E-state index is 10.7. The fraction of sp³-hybridized carbons (Fsp3) is 0.750. The maximum atomic E-state index is 10.7. The summed E-state index contributed by atoms with van der Waals surface area (Å²) in [4.78, 5) is 9.91. The SMILES string of the molecule is CS(=O)(=O)CCN(NO)C(N)=N[N+](=O)[O-]. The number of hydrogen-bond acceptors (Lipinski definition) is 6. The highest BCUT2D eigenvalue weighted by Gasteiger charge is 2.13. The zero-order chi connectivity index (χ0) is 12.1. The molecule has 0 saturated carbocycles. The van der Waals surface area contributed by atoms with Crippen molar-refractivity contribution in [3.05, 3.63) is 10.1 Å². The Kier molecular flexibility index (Phi) is 4.90. The van der Waals surface area contributed by atoms with Crippen molar-refractivity contribution in [2.45, 2.75) is 0 Å². The molecule has 88 valence electrons. The van der Waals surface area contributed by atoms with Crippen LogP contribution in [-0.2, 0) is 9.84 Å². The summed E-state index contributed by atoms with van der Waals surface area (Å²) in [7, 11) is -3.26. The van der Waals surface area contributed by atoms with Crippen LogP contribution in [0.25, 0.3) is 0 Å². The van der Waals surface area contributed by atoms with E-state index in [2.05, 4.69) is 5.10 Å². The first-order valence-corrected chi connectivity index (χ1v) is 5.66. The summed E-state index contributed by atoms with van der Waals surface area (Å²) in [6.45, 7) is -0.265. The molecule has 0 saturated heterocycles. The van der Waals surface area contributed by atoms with Crippen LogP contribution < -0.4 is 11.3 Å². The summed E-state index contributed by atoms with van der Waals surface area (Å²) in [6, 6.07) is 0. The number of nitrogens with zero attached hydrogens (tertiary/aromatic N) is 3. The molecule has 0 aliphatic heterocycles. The second-order valence-electron chi connectivity index (χ2n) is 2.58. The number of nitrogens with two attached hydrogens (primary N) is 1. The molecule has 0 radical (unpaired) electrons. The summed E-state index contributed by atoms with van der Waals surface area (Å²) in [6.07, 6.45) is 0.976. The van der Waals surface area contributed by atoms with Crippen molar-refractivity contribution in [2.75, 3.05) is 18.6 Å². The Hall–Kier alpha value is -1.46. The minimum Gasteiger partial charge on any atom is -0.363 e. The van der Waals surface area contributed by atoms with Gasteiger partial charge in [0, 0.05) is 6.26 Å². The lowest BCUT2D eigenvalue weighted by atomic mass is 10.7. The zero-order valence-corrected chi connectivity index (χ0v) is 8.64. The third-order valence-electron chi connectivity index (χ3n) is 1.27. The van der Waals surface area contributed by atoms with Gasteiger partial charge in [0.1, 0.15) is 14.9 Å². The van der Waals surface area contributed by atoms with Gasteiger partial charge < -0.3 is 5.73 Å². The Balaban J connectivity index is 4.44. The van der Waals surface area contributed by atoms with E-state index in [4.69, 9.17) is 10.9 Å². The van der Waals surface area contributed by atoms with Crippen LogP contribution in [0, 0.1) is 10.1 Å². The zero-order valence-electron chi connectivity index (χ0n) is 7.82. The van der Waals surface area contributed by atoms with Crippen LogP contribution in [0.15, 0.2) is 5.10 Å². The topological polar surface area (TPSA) is 151 Å². The van der Waals surface area contributed by atoms with Crippen molar-refractivity contribution < 1.29 is 18.7 Å². The first-order chi connectivity index (χ1) is 6.76. The standard InChI is InChI=1S/C4H11N5O5S/c1-15(13,14)3-2-8(7-10)4(5)6-9(11)12/h7,10H,2-3H2,1H3,(H2,5,6). The molecule has 0 bridgehead atoms. The van der Waals surface area contributed by atoms with E-state index in [1.165, 1.54) is 5.59 Å². The number of hydrogen-bond donors (Lipinski definition) is 3. The third kappa shape index (κ3) is 6.59. The number of hydrazone groups is 1. The van der Waals surface area contributed by atoms with Crippen molar-refractivity contribution in [2.24, 2.45) is 10.8 Å². The van der Waals surface area contributed by atoms with Crippen LogP contribution in [0.2, 0.25) is 0 Å². The Bertz CT molecular complexity index is 350. The van der Waals surface area contributed by atoms with Crippen LogP contribution >= 0.6 is 0 Å². The van der Waals surface area contributed by atoms with Crippen molar-refractivity contribution >= 4 is 15.8 Å². The summed E-state index contributed by atoms with van der Waals surface area (Å²) < 4.78 is 21.5. The lowest BCUT2D eigenvalue weighted by molar-refractivity contribution is -0.486. The van der Waals surface area contributed by atoms with Gasteiger partial charge in [-0.15, -0.1) is 5.59 Å². The Labute approximate surface area is 85.3 Å². The normalized spacial score (nSPS) is 12.5. The van der Waals surface area contributed by atoms with E-state index in [1.54, 1.807) is 0 Å². The first kappa shape index (κ1) is 13.5. The molecule has 0 aliphatic carbocycles. The monoisotopic (exact) mass is 241 g/mol. The predicted octanol–water partition coefficient (Wildman–Crippen LogP) is -2.27. The van der Waals surface area contributed by atoms with Gasteiger partial charge >= 0.3 is 0 Å². The molecule has 0 amide bonds. The van der Waals surface area contributed by atoms with Gasteiger partial charge in [0.15, 0.2) is 5.03 Å². The largest absolute Gasteiger partial charge is 0.363 e. The van der Waals surface area contributed by atoms with Gasteiger partial charge in [-0.25, -0.2) is 23.5 Å². The molecular formula is C4H11N5O5S. The van der Waals surface area contributed by atoms with E-state index in [0.717, 1.165) is 6.26 Å². The average molecular weight is 241 g/mol. The third-order valence-corrected chi connectivity index (χ3v) is 2.19. The quantitative estimate of drug-likeness (QED) is 0.211. The minimum absolute atomic E-state index is 0.265. The molecule has 0 aliphatic rings. The van der Waals surface area contributed by atoms with E-state index >= 15 is 0 Å². The van der Waals surface area contributed by atoms with Crippen LogP contribution in [-0.4, -0.2) is 48.2 Å². The average Bonchev–Trinajstić information content (AvgIpc) is 2.01. The van der Waals surface area contributed by atoms with E-state index < -0.39 is 20.8 Å². The van der Waals surface area contributed by atoms with Crippen molar-refractivity contribution in [1.82, 2.24) is 10.6 Å². The number of nitrogens with one attached hydrogen (secondary N) is 1. The summed E-state index contributed by atoms with van der Waals surface area (Å²) in [5.41, 5.74) is 6.56. The minimum atomic E-state index is -3.26. The van der Waals surface area contributed by atoms with Crippen molar-refractivity contribution in [1.29, 1.82) is 0 Å². The Morgan fingerprint density at radius 3 is 2.60 bits per heavy atom. The molecular weight excluding hydrogens is 230 g/mol. The van der Waals surface area contributed by atoms with Gasteiger partial charge in [0.05, 0.1) is 12.3 Å². The summed E-state index contributed by atoms with van der Waals surface area (Å²) >= 11 is 0. The van der Waals surface area contributed by atoms with Crippen molar-refractivity contribution in [3.8, 4) is 0 Å². The van der Waals surface area contributed by atoms with Crippen LogP contribution in [0.3, 0.4) is 0 Å². The molecule has 4 N–H and O–H groups in total. The molecule has 0 rings (SSSR count). The fourth-order valence-electron chi connectivity index (χ4n) is 0.611. The van der Waals surface area contributed by atoms with Crippen LogP contribution in [0.5, 0.6) is 0 Å². The number of nitro groups is 1. The molecule has 15 heavy (non-hydrogen) atoms. The molecule has 0 unspecified atom stereocenters. The Morgan fingerprint density at radius 1 is 1.73 bits per heavy atom. The number of hydrazine groups is 1.